The number of rotatable bonds is 1. The van der Waals surface area contributed by atoms with Crippen LogP contribution in [-0.2, 0) is 7.05 Å². The highest BCUT2D eigenvalue weighted by Gasteiger charge is 2.14. The van der Waals surface area contributed by atoms with Crippen molar-refractivity contribution in [3.63, 3.8) is 0 Å². The summed E-state index contributed by atoms with van der Waals surface area (Å²) in [5.41, 5.74) is 2.06. The van der Waals surface area contributed by atoms with Crippen LogP contribution >= 0.6 is 0 Å². The monoisotopic (exact) mass is 204 g/mol. The Kier molecular flexibility index (Phi) is 2.15. The molecule has 2 rings (SSSR count). The summed E-state index contributed by atoms with van der Waals surface area (Å²) in [7, 11) is 1.78. The van der Waals surface area contributed by atoms with Crippen LogP contribution < -0.4 is 0 Å². The molecule has 0 aliphatic carbocycles. The van der Waals surface area contributed by atoms with E-state index in [1.165, 1.54) is 4.68 Å². The first kappa shape index (κ1) is 9.64. The standard InChI is InChI=1S/C10H12N4O/c1-7-6-8(2)14(11-7)10(15)9-4-5-13(3)12-9/h4-6H,1-3H3. The summed E-state index contributed by atoms with van der Waals surface area (Å²) in [4.78, 5) is 11.9. The van der Waals surface area contributed by atoms with Crippen LogP contribution in [0.2, 0.25) is 0 Å². The van der Waals surface area contributed by atoms with Crippen molar-refractivity contribution in [3.8, 4) is 0 Å². The third kappa shape index (κ3) is 1.68. The van der Waals surface area contributed by atoms with Crippen molar-refractivity contribution in [2.75, 3.05) is 0 Å². The molecule has 0 fully saturated rings. The first-order valence-corrected chi connectivity index (χ1v) is 4.65. The summed E-state index contributed by atoms with van der Waals surface area (Å²) in [6.07, 6.45) is 1.74. The lowest BCUT2D eigenvalue weighted by atomic mass is 10.4. The van der Waals surface area contributed by atoms with Crippen molar-refractivity contribution in [1.29, 1.82) is 0 Å². The van der Waals surface area contributed by atoms with Gasteiger partial charge in [0.05, 0.1) is 5.69 Å². The van der Waals surface area contributed by atoms with Crippen molar-refractivity contribution < 1.29 is 4.79 Å². The van der Waals surface area contributed by atoms with Crippen LogP contribution in [0.1, 0.15) is 21.9 Å². The molecule has 0 radical (unpaired) electrons. The number of carbonyl (C=O) groups is 1. The molecule has 0 atom stereocenters. The van der Waals surface area contributed by atoms with Gasteiger partial charge in [0.15, 0.2) is 5.69 Å². The van der Waals surface area contributed by atoms with Gasteiger partial charge in [0.25, 0.3) is 5.91 Å². The molecule has 5 heteroatoms. The average molecular weight is 204 g/mol. The van der Waals surface area contributed by atoms with Gasteiger partial charge in [0.2, 0.25) is 0 Å². The van der Waals surface area contributed by atoms with Gasteiger partial charge in [-0.1, -0.05) is 0 Å². The van der Waals surface area contributed by atoms with Crippen molar-refractivity contribution in [1.82, 2.24) is 19.6 Å². The van der Waals surface area contributed by atoms with Crippen molar-refractivity contribution in [2.45, 2.75) is 13.8 Å². The molecule has 0 amide bonds. The molecule has 0 saturated heterocycles. The Labute approximate surface area is 87.3 Å². The SMILES string of the molecule is Cc1cc(C)n(C(=O)c2ccn(C)n2)n1. The topological polar surface area (TPSA) is 52.7 Å². The molecule has 2 aromatic heterocycles. The molecule has 0 aliphatic heterocycles. The van der Waals surface area contributed by atoms with Gasteiger partial charge >= 0.3 is 0 Å². The minimum Gasteiger partial charge on any atom is -0.275 e. The maximum absolute atomic E-state index is 11.9. The van der Waals surface area contributed by atoms with Gasteiger partial charge in [0, 0.05) is 18.9 Å². The van der Waals surface area contributed by atoms with Crippen LogP contribution in [0.15, 0.2) is 18.3 Å². The second-order valence-corrected chi connectivity index (χ2v) is 3.52. The Bertz CT molecular complexity index is 509. The molecule has 78 valence electrons. The summed E-state index contributed by atoms with van der Waals surface area (Å²) in [6, 6.07) is 3.54. The zero-order valence-corrected chi connectivity index (χ0v) is 8.93. The largest absolute Gasteiger partial charge is 0.298 e. The molecular weight excluding hydrogens is 192 g/mol. The van der Waals surface area contributed by atoms with Gasteiger partial charge in [-0.15, -0.1) is 0 Å². The van der Waals surface area contributed by atoms with Crippen LogP contribution in [0.25, 0.3) is 0 Å². The Hall–Kier alpha value is -1.91. The van der Waals surface area contributed by atoms with E-state index in [4.69, 9.17) is 0 Å². The Morgan fingerprint density at radius 1 is 1.33 bits per heavy atom. The van der Waals surface area contributed by atoms with Gasteiger partial charge in [0.1, 0.15) is 0 Å². The molecule has 0 bridgehead atoms. The minimum absolute atomic E-state index is 0.193. The van der Waals surface area contributed by atoms with Crippen molar-refractivity contribution in [2.24, 2.45) is 7.05 Å². The van der Waals surface area contributed by atoms with E-state index in [-0.39, 0.29) is 5.91 Å². The Morgan fingerprint density at radius 3 is 2.53 bits per heavy atom. The number of aromatic nitrogens is 4. The number of aryl methyl sites for hydroxylation is 3. The van der Waals surface area contributed by atoms with Crippen LogP contribution in [0, 0.1) is 13.8 Å². The lowest BCUT2D eigenvalue weighted by Crippen LogP contribution is -2.16. The van der Waals surface area contributed by atoms with E-state index < -0.39 is 0 Å². The predicted molar refractivity (Wildman–Crippen MR) is 54.6 cm³/mol. The summed E-state index contributed by atoms with van der Waals surface area (Å²) < 4.78 is 2.97. The number of hydrogen-bond donors (Lipinski definition) is 0. The highest BCUT2D eigenvalue weighted by molar-refractivity contribution is 5.93. The molecule has 0 saturated carbocycles. The lowest BCUT2D eigenvalue weighted by Gasteiger charge is -1.98. The predicted octanol–water partition coefficient (Wildman–Crippen LogP) is 0.922. The highest BCUT2D eigenvalue weighted by atomic mass is 16.2. The van der Waals surface area contributed by atoms with Gasteiger partial charge in [-0.2, -0.15) is 14.9 Å². The maximum Gasteiger partial charge on any atom is 0.298 e. The van der Waals surface area contributed by atoms with Crippen LogP contribution in [-0.4, -0.2) is 25.5 Å². The van der Waals surface area contributed by atoms with Crippen LogP contribution in [0.3, 0.4) is 0 Å². The molecule has 5 nitrogen and oxygen atoms in total. The van der Waals surface area contributed by atoms with E-state index in [9.17, 15) is 4.79 Å². The van der Waals surface area contributed by atoms with Gasteiger partial charge < -0.3 is 0 Å². The Morgan fingerprint density at radius 2 is 2.07 bits per heavy atom. The fourth-order valence-electron chi connectivity index (χ4n) is 1.47. The normalized spacial score (nSPS) is 10.6. The van der Waals surface area contributed by atoms with Crippen LogP contribution in [0.5, 0.6) is 0 Å². The van der Waals surface area contributed by atoms with Crippen molar-refractivity contribution >= 4 is 5.91 Å². The molecule has 2 heterocycles. The van der Waals surface area contributed by atoms with Crippen LogP contribution in [0.4, 0.5) is 0 Å². The molecule has 0 aromatic carbocycles. The van der Waals surface area contributed by atoms with Gasteiger partial charge in [-0.05, 0) is 26.0 Å². The van der Waals surface area contributed by atoms with Gasteiger partial charge in [-0.25, -0.2) is 0 Å². The molecule has 0 spiro atoms. The fraction of sp³-hybridized carbons (Fsp3) is 0.300. The second kappa shape index (κ2) is 3.34. The first-order valence-electron chi connectivity index (χ1n) is 4.65. The molecule has 0 unspecified atom stereocenters. The highest BCUT2D eigenvalue weighted by Crippen LogP contribution is 2.05. The second-order valence-electron chi connectivity index (χ2n) is 3.52. The lowest BCUT2D eigenvalue weighted by molar-refractivity contribution is 0.0936. The van der Waals surface area contributed by atoms with E-state index in [0.717, 1.165) is 11.4 Å². The summed E-state index contributed by atoms with van der Waals surface area (Å²) >= 11 is 0. The third-order valence-electron chi connectivity index (χ3n) is 2.13. The Balaban J connectivity index is 2.40. The maximum atomic E-state index is 11.9. The smallest absolute Gasteiger partial charge is 0.275 e. The first-order chi connectivity index (χ1) is 7.08. The zero-order chi connectivity index (χ0) is 11.0. The van der Waals surface area contributed by atoms with E-state index in [0.29, 0.717) is 5.69 Å². The summed E-state index contributed by atoms with van der Waals surface area (Å²) in [6.45, 7) is 3.70. The fourth-order valence-corrected chi connectivity index (χ4v) is 1.47. The van der Waals surface area contributed by atoms with Gasteiger partial charge in [-0.3, -0.25) is 9.48 Å². The summed E-state index contributed by atoms with van der Waals surface area (Å²) in [5.74, 6) is -0.193. The van der Waals surface area contributed by atoms with E-state index in [1.807, 2.05) is 19.9 Å². The average Bonchev–Trinajstić information content (AvgIpc) is 2.71. The third-order valence-corrected chi connectivity index (χ3v) is 2.13. The van der Waals surface area contributed by atoms with E-state index in [2.05, 4.69) is 10.2 Å². The number of nitrogens with zero attached hydrogens (tertiary/aromatic N) is 4. The quantitative estimate of drug-likeness (QED) is 0.694. The van der Waals surface area contributed by atoms with Crippen molar-refractivity contribution in [3.05, 3.63) is 35.4 Å². The number of hydrogen-bond acceptors (Lipinski definition) is 3. The summed E-state index contributed by atoms with van der Waals surface area (Å²) in [5, 5.41) is 8.16. The molecule has 0 aliphatic rings. The molecule has 2 aromatic rings. The molecule has 0 N–H and O–H groups in total. The van der Waals surface area contributed by atoms with E-state index in [1.54, 1.807) is 24.0 Å². The van der Waals surface area contributed by atoms with E-state index >= 15 is 0 Å². The molecule has 15 heavy (non-hydrogen) atoms. The minimum atomic E-state index is -0.193. The zero-order valence-electron chi connectivity index (χ0n) is 8.93. The number of carbonyl (C=O) groups excluding carboxylic acids is 1. The molecular formula is C10H12N4O.